The summed E-state index contributed by atoms with van der Waals surface area (Å²) in [5.41, 5.74) is 2.30. The molecule has 4 aromatic rings. The topological polar surface area (TPSA) is 122 Å². The molecule has 0 radical (unpaired) electrons. The van der Waals surface area contributed by atoms with Crippen molar-refractivity contribution < 1.29 is 26.4 Å². The zero-order chi connectivity index (χ0) is 26.9. The first-order chi connectivity index (χ1) is 18.2. The highest BCUT2D eigenvalue weighted by Crippen LogP contribution is 2.42. The SMILES string of the molecule is COc1ccccc1NS(=O)(=O)c1ccc(NC(=O)CN2c3ccccc3-c3ccccc3S2(=O)=O)cc1. The molecule has 1 heterocycles. The number of methoxy groups -OCH3 is 1. The summed E-state index contributed by atoms with van der Waals surface area (Å²) in [5.74, 6) is -0.206. The molecule has 194 valence electrons. The molecule has 0 aliphatic carbocycles. The van der Waals surface area contributed by atoms with E-state index < -0.39 is 32.5 Å². The zero-order valence-electron chi connectivity index (χ0n) is 20.2. The van der Waals surface area contributed by atoms with Gasteiger partial charge in [0.05, 0.1) is 28.3 Å². The first-order valence-electron chi connectivity index (χ1n) is 11.5. The third-order valence-corrected chi connectivity index (χ3v) is 9.20. The van der Waals surface area contributed by atoms with E-state index in [1.807, 2.05) is 12.1 Å². The number of rotatable bonds is 7. The maximum atomic E-state index is 13.4. The van der Waals surface area contributed by atoms with Crippen molar-refractivity contribution in [3.63, 3.8) is 0 Å². The molecule has 1 aliphatic rings. The quantitative estimate of drug-likeness (QED) is 0.354. The second-order valence-electron chi connectivity index (χ2n) is 8.40. The summed E-state index contributed by atoms with van der Waals surface area (Å²) in [4.78, 5) is 13.0. The maximum absolute atomic E-state index is 13.4. The summed E-state index contributed by atoms with van der Waals surface area (Å²) >= 11 is 0. The summed E-state index contributed by atoms with van der Waals surface area (Å²) < 4.78 is 61.1. The molecule has 0 saturated heterocycles. The number of nitrogens with zero attached hydrogens (tertiary/aromatic N) is 1. The lowest BCUT2D eigenvalue weighted by molar-refractivity contribution is -0.114. The summed E-state index contributed by atoms with van der Waals surface area (Å²) in [6.45, 7) is -0.455. The summed E-state index contributed by atoms with van der Waals surface area (Å²) in [5, 5.41) is 2.65. The van der Waals surface area contributed by atoms with Gasteiger partial charge in [0.15, 0.2) is 0 Å². The van der Waals surface area contributed by atoms with Gasteiger partial charge in [-0.1, -0.05) is 48.5 Å². The fraction of sp³-hybridized carbons (Fsp3) is 0.0741. The van der Waals surface area contributed by atoms with Crippen LogP contribution in [0.3, 0.4) is 0 Å². The normalized spacial score (nSPS) is 13.7. The van der Waals surface area contributed by atoms with Gasteiger partial charge < -0.3 is 10.1 Å². The van der Waals surface area contributed by atoms with Crippen molar-refractivity contribution in [3.8, 4) is 16.9 Å². The van der Waals surface area contributed by atoms with E-state index in [4.69, 9.17) is 4.74 Å². The van der Waals surface area contributed by atoms with Crippen LogP contribution in [0.15, 0.2) is 107 Å². The number of anilines is 3. The van der Waals surface area contributed by atoms with E-state index >= 15 is 0 Å². The van der Waals surface area contributed by atoms with Crippen LogP contribution in [0.5, 0.6) is 5.75 Å². The fourth-order valence-electron chi connectivity index (χ4n) is 4.23. The number of hydrogen-bond donors (Lipinski definition) is 2. The molecule has 1 aliphatic heterocycles. The molecule has 0 unspecified atom stereocenters. The standard InChI is InChI=1S/C27H23N3O6S2/c1-36-25-12-6-4-10-23(25)29-37(32,33)20-16-14-19(15-17-20)28-27(31)18-30-24-11-5-2-8-21(24)22-9-3-7-13-26(22)38(30,34)35/h2-17,29H,18H2,1H3,(H,28,31). The molecule has 0 spiro atoms. The van der Waals surface area contributed by atoms with Crippen LogP contribution in [-0.4, -0.2) is 36.4 Å². The van der Waals surface area contributed by atoms with Crippen LogP contribution >= 0.6 is 0 Å². The third kappa shape index (κ3) is 4.69. The highest BCUT2D eigenvalue weighted by Gasteiger charge is 2.35. The Kier molecular flexibility index (Phi) is 6.55. The second-order valence-corrected chi connectivity index (χ2v) is 11.9. The number of sulfonamides is 2. The Hall–Kier alpha value is -4.35. The number of para-hydroxylation sites is 3. The van der Waals surface area contributed by atoms with Crippen LogP contribution in [0.2, 0.25) is 0 Å². The predicted octanol–water partition coefficient (Wildman–Crippen LogP) is 4.31. The van der Waals surface area contributed by atoms with Crippen LogP contribution in [0.4, 0.5) is 17.1 Å². The van der Waals surface area contributed by atoms with Crippen LogP contribution in [0.1, 0.15) is 0 Å². The van der Waals surface area contributed by atoms with Crippen LogP contribution in [0.25, 0.3) is 11.1 Å². The van der Waals surface area contributed by atoms with Crippen molar-refractivity contribution in [1.29, 1.82) is 0 Å². The first-order valence-corrected chi connectivity index (χ1v) is 14.4. The van der Waals surface area contributed by atoms with Crippen molar-refractivity contribution in [3.05, 3.63) is 97.1 Å². The van der Waals surface area contributed by atoms with Gasteiger partial charge in [0.1, 0.15) is 12.3 Å². The fourth-order valence-corrected chi connectivity index (χ4v) is 6.95. The van der Waals surface area contributed by atoms with E-state index in [0.29, 0.717) is 28.3 Å². The van der Waals surface area contributed by atoms with Gasteiger partial charge in [0.25, 0.3) is 20.0 Å². The Morgan fingerprint density at radius 3 is 2.21 bits per heavy atom. The molecule has 4 aromatic carbocycles. The largest absolute Gasteiger partial charge is 0.495 e. The molecule has 0 fully saturated rings. The average Bonchev–Trinajstić information content (AvgIpc) is 2.91. The van der Waals surface area contributed by atoms with Crippen molar-refractivity contribution in [2.24, 2.45) is 0 Å². The van der Waals surface area contributed by atoms with Crippen LogP contribution in [-0.2, 0) is 24.8 Å². The number of carbonyl (C=O) groups is 1. The second kappa shape index (κ2) is 9.84. The van der Waals surface area contributed by atoms with Crippen LogP contribution < -0.4 is 19.1 Å². The third-order valence-electron chi connectivity index (χ3n) is 6.00. The molecular formula is C27H23N3O6S2. The number of benzene rings is 4. The summed E-state index contributed by atoms with van der Waals surface area (Å²) in [7, 11) is -6.45. The number of ether oxygens (including phenoxy) is 1. The van der Waals surface area contributed by atoms with Crippen molar-refractivity contribution in [2.75, 3.05) is 28.0 Å². The summed E-state index contributed by atoms with van der Waals surface area (Å²) in [6, 6.07) is 25.8. The molecule has 11 heteroatoms. The highest BCUT2D eigenvalue weighted by molar-refractivity contribution is 7.93. The maximum Gasteiger partial charge on any atom is 0.265 e. The number of carbonyl (C=O) groups excluding carboxylic acids is 1. The first kappa shape index (κ1) is 25.3. The van der Waals surface area contributed by atoms with Gasteiger partial charge in [-0.25, -0.2) is 16.8 Å². The van der Waals surface area contributed by atoms with Crippen molar-refractivity contribution in [1.82, 2.24) is 0 Å². The Bertz CT molecular complexity index is 1740. The van der Waals surface area contributed by atoms with Gasteiger partial charge in [-0.15, -0.1) is 0 Å². The molecule has 0 bridgehead atoms. The lowest BCUT2D eigenvalue weighted by atomic mass is 10.0. The Balaban J connectivity index is 1.34. The average molecular weight is 550 g/mol. The van der Waals surface area contributed by atoms with E-state index in [2.05, 4.69) is 10.0 Å². The van der Waals surface area contributed by atoms with Gasteiger partial charge in [0, 0.05) is 16.8 Å². The highest BCUT2D eigenvalue weighted by atomic mass is 32.2. The molecular weight excluding hydrogens is 526 g/mol. The van der Waals surface area contributed by atoms with E-state index in [1.54, 1.807) is 54.6 Å². The number of hydrogen-bond acceptors (Lipinski definition) is 6. The van der Waals surface area contributed by atoms with E-state index in [1.165, 1.54) is 37.4 Å². The van der Waals surface area contributed by atoms with Gasteiger partial charge in [-0.2, -0.15) is 0 Å². The van der Waals surface area contributed by atoms with Crippen molar-refractivity contribution in [2.45, 2.75) is 9.79 Å². The van der Waals surface area contributed by atoms with Crippen molar-refractivity contribution >= 4 is 43.0 Å². The smallest absolute Gasteiger partial charge is 0.265 e. The molecule has 2 N–H and O–H groups in total. The lowest BCUT2D eigenvalue weighted by Gasteiger charge is -2.31. The molecule has 9 nitrogen and oxygen atoms in total. The van der Waals surface area contributed by atoms with E-state index in [-0.39, 0.29) is 15.5 Å². The minimum absolute atomic E-state index is 0.0226. The zero-order valence-corrected chi connectivity index (χ0v) is 21.8. The van der Waals surface area contributed by atoms with Crippen LogP contribution in [0, 0.1) is 0 Å². The molecule has 38 heavy (non-hydrogen) atoms. The molecule has 0 aromatic heterocycles. The predicted molar refractivity (Wildman–Crippen MR) is 145 cm³/mol. The molecule has 0 atom stereocenters. The Morgan fingerprint density at radius 2 is 1.47 bits per heavy atom. The molecule has 0 saturated carbocycles. The monoisotopic (exact) mass is 549 g/mol. The van der Waals surface area contributed by atoms with Gasteiger partial charge in [-0.05, 0) is 48.5 Å². The molecule has 5 rings (SSSR count). The Labute approximate surface area is 220 Å². The minimum Gasteiger partial charge on any atom is -0.495 e. The number of amides is 1. The van der Waals surface area contributed by atoms with E-state index in [9.17, 15) is 21.6 Å². The Morgan fingerprint density at radius 1 is 0.842 bits per heavy atom. The lowest BCUT2D eigenvalue weighted by Crippen LogP contribution is -2.40. The number of nitrogens with one attached hydrogen (secondary N) is 2. The summed E-state index contributed by atoms with van der Waals surface area (Å²) in [6.07, 6.45) is 0. The minimum atomic E-state index is -3.97. The van der Waals surface area contributed by atoms with Gasteiger partial charge in [-0.3, -0.25) is 13.8 Å². The molecule has 1 amide bonds. The number of fused-ring (bicyclic) bond motifs is 3. The van der Waals surface area contributed by atoms with Gasteiger partial charge in [0.2, 0.25) is 5.91 Å². The van der Waals surface area contributed by atoms with E-state index in [0.717, 1.165) is 4.31 Å². The van der Waals surface area contributed by atoms with Gasteiger partial charge >= 0.3 is 0 Å².